The molecule has 4 N–H and O–H groups in total. The molecule has 0 spiro atoms. The molecular formula is C14H22N2O5P+. The van der Waals surface area contributed by atoms with Crippen LogP contribution in [0.5, 0.6) is 0 Å². The van der Waals surface area contributed by atoms with E-state index in [2.05, 4.69) is 11.1 Å². The van der Waals surface area contributed by atoms with Crippen molar-refractivity contribution in [2.24, 2.45) is 17.6 Å². The van der Waals surface area contributed by atoms with Gasteiger partial charge in [0.15, 0.2) is 12.4 Å². The van der Waals surface area contributed by atoms with E-state index < -0.39 is 7.82 Å². The Bertz CT molecular complexity index is 603. The van der Waals surface area contributed by atoms with Crippen LogP contribution in [0.25, 0.3) is 5.70 Å². The van der Waals surface area contributed by atoms with E-state index in [1.165, 1.54) is 0 Å². The number of aromatic nitrogens is 1. The fourth-order valence-corrected chi connectivity index (χ4v) is 2.91. The lowest BCUT2D eigenvalue weighted by atomic mass is 9.93. The standard InChI is InChI=1S/C14H21N2O5P/c1-9-10(2)14(21-13(9)8-20-22(17,18)19)16-6-4-5-12(7-16)11(3)15/h4-7,9-10,13-14H,3,8,15H2,1-2H3,(H-,17,18,19)/p+1/t9-,10+,13+,14-/m0/s1. The summed E-state index contributed by atoms with van der Waals surface area (Å²) in [5.41, 5.74) is 6.98. The molecule has 0 aliphatic carbocycles. The number of rotatable bonds is 5. The van der Waals surface area contributed by atoms with Gasteiger partial charge in [-0.3, -0.25) is 4.52 Å². The van der Waals surface area contributed by atoms with Gasteiger partial charge in [0.1, 0.15) is 0 Å². The average molecular weight is 329 g/mol. The first kappa shape index (κ1) is 17.1. The molecule has 0 saturated carbocycles. The molecule has 1 aromatic heterocycles. The Morgan fingerprint density at radius 1 is 1.50 bits per heavy atom. The SMILES string of the molecule is C=C(N)c1ccc[n+]([C@H]2O[C@H](COP(=O)(O)O)[C@@H](C)[C@H]2C)c1. The lowest BCUT2D eigenvalue weighted by Crippen LogP contribution is -2.42. The van der Waals surface area contributed by atoms with Crippen LogP contribution in [-0.4, -0.2) is 22.5 Å². The van der Waals surface area contributed by atoms with Gasteiger partial charge in [0, 0.05) is 11.8 Å². The van der Waals surface area contributed by atoms with Crippen molar-refractivity contribution in [2.75, 3.05) is 6.61 Å². The molecule has 22 heavy (non-hydrogen) atoms. The van der Waals surface area contributed by atoms with Crippen molar-refractivity contribution < 1.29 is 28.2 Å². The second kappa shape index (κ2) is 6.48. The molecule has 1 saturated heterocycles. The van der Waals surface area contributed by atoms with Gasteiger partial charge in [-0.2, -0.15) is 4.57 Å². The van der Waals surface area contributed by atoms with Crippen LogP contribution in [0.1, 0.15) is 25.6 Å². The van der Waals surface area contributed by atoms with E-state index in [0.717, 1.165) is 5.56 Å². The van der Waals surface area contributed by atoms with Gasteiger partial charge in [-0.15, -0.1) is 0 Å². The third kappa shape index (κ3) is 3.94. The summed E-state index contributed by atoms with van der Waals surface area (Å²) in [6.07, 6.45) is 3.08. The monoisotopic (exact) mass is 329 g/mol. The maximum absolute atomic E-state index is 10.8. The fourth-order valence-electron chi connectivity index (χ4n) is 2.57. The highest BCUT2D eigenvalue weighted by atomic mass is 31.2. The van der Waals surface area contributed by atoms with Gasteiger partial charge in [0.2, 0.25) is 0 Å². The van der Waals surface area contributed by atoms with Crippen LogP contribution in [-0.2, 0) is 13.8 Å². The van der Waals surface area contributed by atoms with Gasteiger partial charge in [-0.05, 0) is 12.0 Å². The quantitative estimate of drug-likeness (QED) is 0.553. The Labute approximate surface area is 129 Å². The average Bonchev–Trinajstić information content (AvgIpc) is 2.72. The Balaban J connectivity index is 2.14. The normalized spacial score (nSPS) is 28.7. The van der Waals surface area contributed by atoms with Gasteiger partial charge in [-0.25, -0.2) is 4.57 Å². The highest BCUT2D eigenvalue weighted by Gasteiger charge is 2.45. The Hall–Kier alpha value is -1.24. The van der Waals surface area contributed by atoms with Gasteiger partial charge in [0.05, 0.1) is 24.2 Å². The van der Waals surface area contributed by atoms with Crippen molar-refractivity contribution in [1.29, 1.82) is 0 Å². The Morgan fingerprint density at radius 3 is 2.77 bits per heavy atom. The minimum Gasteiger partial charge on any atom is -0.399 e. The van der Waals surface area contributed by atoms with Crippen LogP contribution < -0.4 is 10.3 Å². The maximum atomic E-state index is 10.8. The third-order valence-corrected chi connectivity index (χ3v) is 4.56. The molecule has 1 aromatic rings. The molecule has 1 fully saturated rings. The van der Waals surface area contributed by atoms with Gasteiger partial charge < -0.3 is 20.3 Å². The van der Waals surface area contributed by atoms with Gasteiger partial charge in [0.25, 0.3) is 6.23 Å². The molecule has 1 aliphatic heterocycles. The molecule has 8 heteroatoms. The zero-order chi connectivity index (χ0) is 16.5. The van der Waals surface area contributed by atoms with Crippen LogP contribution in [0.15, 0.2) is 31.1 Å². The number of nitrogens with zero attached hydrogens (tertiary/aromatic N) is 1. The van der Waals surface area contributed by atoms with Crippen LogP contribution in [0.4, 0.5) is 0 Å². The van der Waals surface area contributed by atoms with E-state index in [9.17, 15) is 4.57 Å². The number of nitrogens with two attached hydrogens (primary N) is 1. The van der Waals surface area contributed by atoms with Crippen LogP contribution >= 0.6 is 7.82 Å². The molecule has 0 aromatic carbocycles. The molecule has 0 amide bonds. The highest BCUT2D eigenvalue weighted by molar-refractivity contribution is 7.46. The van der Waals surface area contributed by atoms with Crippen molar-refractivity contribution in [1.82, 2.24) is 0 Å². The van der Waals surface area contributed by atoms with E-state index >= 15 is 0 Å². The summed E-state index contributed by atoms with van der Waals surface area (Å²) < 4.78 is 23.2. The molecule has 4 atom stereocenters. The van der Waals surface area contributed by atoms with Crippen molar-refractivity contribution in [3.05, 3.63) is 36.7 Å². The first-order valence-corrected chi connectivity index (χ1v) is 8.53. The molecule has 122 valence electrons. The molecule has 1 aliphatic rings. The molecule has 0 unspecified atom stereocenters. The first-order valence-electron chi connectivity index (χ1n) is 7.00. The second-order valence-electron chi connectivity index (χ2n) is 5.63. The number of hydrogen-bond donors (Lipinski definition) is 3. The number of hydrogen-bond acceptors (Lipinski definition) is 4. The zero-order valence-corrected chi connectivity index (χ0v) is 13.5. The second-order valence-corrected chi connectivity index (χ2v) is 6.87. The highest BCUT2D eigenvalue weighted by Crippen LogP contribution is 2.40. The summed E-state index contributed by atoms with van der Waals surface area (Å²) in [6.45, 7) is 7.58. The van der Waals surface area contributed by atoms with E-state index in [0.29, 0.717) is 5.70 Å². The Morgan fingerprint density at radius 2 is 2.18 bits per heavy atom. The lowest BCUT2D eigenvalue weighted by molar-refractivity contribution is -0.765. The summed E-state index contributed by atoms with van der Waals surface area (Å²) in [6, 6.07) is 3.71. The van der Waals surface area contributed by atoms with Crippen LogP contribution in [0, 0.1) is 11.8 Å². The molecule has 2 rings (SSSR count). The minimum absolute atomic E-state index is 0.0915. The van der Waals surface area contributed by atoms with Crippen molar-refractivity contribution in [3.63, 3.8) is 0 Å². The first-order chi connectivity index (χ1) is 10.2. The molecule has 7 nitrogen and oxygen atoms in total. The van der Waals surface area contributed by atoms with Crippen molar-refractivity contribution >= 4 is 13.5 Å². The lowest BCUT2D eigenvalue weighted by Gasteiger charge is -2.15. The van der Waals surface area contributed by atoms with E-state index in [-0.39, 0.29) is 30.8 Å². The van der Waals surface area contributed by atoms with Crippen LogP contribution in [0.3, 0.4) is 0 Å². The number of pyridine rings is 1. The topological polar surface area (TPSA) is 106 Å². The summed E-state index contributed by atoms with van der Waals surface area (Å²) in [7, 11) is -4.49. The van der Waals surface area contributed by atoms with E-state index in [1.54, 1.807) is 0 Å². The van der Waals surface area contributed by atoms with Crippen molar-refractivity contribution in [3.8, 4) is 0 Å². The summed E-state index contributed by atoms with van der Waals surface area (Å²) in [5.74, 6) is 0.241. The van der Waals surface area contributed by atoms with Gasteiger partial charge >= 0.3 is 7.82 Å². The van der Waals surface area contributed by atoms with E-state index in [1.807, 2.05) is 42.9 Å². The number of phosphoric acid groups is 1. The smallest absolute Gasteiger partial charge is 0.399 e. The summed E-state index contributed by atoms with van der Waals surface area (Å²) in [5, 5.41) is 0. The fraction of sp³-hybridized carbons (Fsp3) is 0.500. The third-order valence-electron chi connectivity index (χ3n) is 4.07. The van der Waals surface area contributed by atoms with E-state index in [4.69, 9.17) is 20.3 Å². The largest absolute Gasteiger partial charge is 0.469 e. The minimum atomic E-state index is -4.49. The number of ether oxygens (including phenoxy) is 1. The van der Waals surface area contributed by atoms with Gasteiger partial charge in [-0.1, -0.05) is 20.4 Å². The zero-order valence-electron chi connectivity index (χ0n) is 12.6. The van der Waals surface area contributed by atoms with Crippen LogP contribution in [0.2, 0.25) is 0 Å². The summed E-state index contributed by atoms with van der Waals surface area (Å²) >= 11 is 0. The predicted octanol–water partition coefficient (Wildman–Crippen LogP) is 1.18. The van der Waals surface area contributed by atoms with Crippen molar-refractivity contribution in [2.45, 2.75) is 26.2 Å². The molecule has 2 heterocycles. The Kier molecular flexibility index (Phi) is 5.04. The predicted molar refractivity (Wildman–Crippen MR) is 80.1 cm³/mol. The maximum Gasteiger partial charge on any atom is 0.469 e. The molecular weight excluding hydrogens is 307 g/mol. The molecule has 0 bridgehead atoms. The summed E-state index contributed by atoms with van der Waals surface area (Å²) in [4.78, 5) is 17.6. The number of phosphoric ester groups is 1. The molecule has 0 radical (unpaired) electrons.